The highest BCUT2D eigenvalue weighted by atomic mass is 16.2. The summed E-state index contributed by atoms with van der Waals surface area (Å²) in [5.74, 6) is 0.127. The summed E-state index contributed by atoms with van der Waals surface area (Å²) in [6, 6.07) is 0. The molecule has 0 aliphatic heterocycles. The standard InChI is InChI=1S/C5H11NO.C3H8.2CH4/c1-4-6(3)5(2)7;1-3-2;;/h4H2,1-3H3;3H2,1-2H3;2*1H4. The first kappa shape index (κ1) is 22.5. The molecule has 0 aliphatic rings. The van der Waals surface area contributed by atoms with Crippen molar-refractivity contribution in [2.24, 2.45) is 0 Å². The molecular weight excluding hydrogens is 150 g/mol. The van der Waals surface area contributed by atoms with Gasteiger partial charge in [-0.2, -0.15) is 0 Å². The second-order valence-electron chi connectivity index (χ2n) is 2.24. The lowest BCUT2D eigenvalue weighted by Gasteiger charge is -2.09. The van der Waals surface area contributed by atoms with Gasteiger partial charge in [-0.15, -0.1) is 0 Å². The Bertz CT molecular complexity index is 81.9. The molecule has 0 aromatic heterocycles. The molecule has 78 valence electrons. The zero-order valence-electron chi connectivity index (χ0n) is 7.77. The van der Waals surface area contributed by atoms with Crippen molar-refractivity contribution in [2.75, 3.05) is 13.6 Å². The molecule has 1 amide bonds. The van der Waals surface area contributed by atoms with Gasteiger partial charge in [0.1, 0.15) is 0 Å². The average molecular weight is 177 g/mol. The molecule has 0 radical (unpaired) electrons. The number of nitrogens with zero attached hydrogens (tertiary/aromatic N) is 1. The lowest BCUT2D eigenvalue weighted by Crippen LogP contribution is -2.22. The van der Waals surface area contributed by atoms with Crippen LogP contribution < -0.4 is 0 Å². The van der Waals surface area contributed by atoms with E-state index in [2.05, 4.69) is 13.8 Å². The fourth-order valence-electron chi connectivity index (χ4n) is 0.223. The van der Waals surface area contributed by atoms with Gasteiger partial charge in [0.05, 0.1) is 0 Å². The minimum Gasteiger partial charge on any atom is -0.346 e. The van der Waals surface area contributed by atoms with E-state index < -0.39 is 0 Å². The number of hydrogen-bond acceptors (Lipinski definition) is 1. The van der Waals surface area contributed by atoms with Crippen LogP contribution in [0.25, 0.3) is 0 Å². The van der Waals surface area contributed by atoms with Crippen LogP contribution in [0.15, 0.2) is 0 Å². The molecule has 2 heteroatoms. The summed E-state index contributed by atoms with van der Waals surface area (Å²) in [7, 11) is 1.78. The molecule has 0 aromatic rings. The van der Waals surface area contributed by atoms with Crippen molar-refractivity contribution in [1.29, 1.82) is 0 Å². The Morgan fingerprint density at radius 2 is 1.42 bits per heavy atom. The molecule has 0 unspecified atom stereocenters. The van der Waals surface area contributed by atoms with Crippen LogP contribution in [-0.4, -0.2) is 24.4 Å². The predicted molar refractivity (Wildman–Crippen MR) is 58.4 cm³/mol. The number of carbonyl (C=O) groups excluding carboxylic acids is 1. The van der Waals surface area contributed by atoms with Crippen LogP contribution in [0.1, 0.15) is 49.0 Å². The summed E-state index contributed by atoms with van der Waals surface area (Å²) < 4.78 is 0. The normalized spacial score (nSPS) is 6.42. The molecular formula is C10H27NO. The van der Waals surface area contributed by atoms with Gasteiger partial charge in [-0.1, -0.05) is 35.1 Å². The smallest absolute Gasteiger partial charge is 0.219 e. The quantitative estimate of drug-likeness (QED) is 0.602. The van der Waals surface area contributed by atoms with Crippen molar-refractivity contribution in [2.45, 2.75) is 49.0 Å². The summed E-state index contributed by atoms with van der Waals surface area (Å²) >= 11 is 0. The highest BCUT2D eigenvalue weighted by Crippen LogP contribution is 1.78. The molecule has 0 N–H and O–H groups in total. The van der Waals surface area contributed by atoms with Crippen molar-refractivity contribution in [3.63, 3.8) is 0 Å². The van der Waals surface area contributed by atoms with Crippen molar-refractivity contribution < 1.29 is 4.79 Å². The Morgan fingerprint density at radius 1 is 1.17 bits per heavy atom. The largest absolute Gasteiger partial charge is 0.346 e. The zero-order valence-corrected chi connectivity index (χ0v) is 7.77. The van der Waals surface area contributed by atoms with Crippen LogP contribution in [0.2, 0.25) is 0 Å². The summed E-state index contributed by atoms with van der Waals surface area (Å²) in [6.07, 6.45) is 1.25. The van der Waals surface area contributed by atoms with Gasteiger partial charge < -0.3 is 4.90 Å². The topological polar surface area (TPSA) is 20.3 Å². The molecule has 0 atom stereocenters. The zero-order chi connectivity index (χ0) is 8.57. The Balaban J connectivity index is -0.0000000569. The van der Waals surface area contributed by atoms with Crippen molar-refractivity contribution in [3.8, 4) is 0 Å². The second kappa shape index (κ2) is 16.8. The molecule has 12 heavy (non-hydrogen) atoms. The van der Waals surface area contributed by atoms with Crippen LogP contribution in [0.5, 0.6) is 0 Å². The molecule has 0 rings (SSSR count). The van der Waals surface area contributed by atoms with E-state index in [1.165, 1.54) is 6.42 Å². The Labute approximate surface area is 79.0 Å². The summed E-state index contributed by atoms with van der Waals surface area (Å²) in [5.41, 5.74) is 0. The minimum absolute atomic E-state index is 0. The molecule has 0 saturated carbocycles. The molecule has 0 spiro atoms. The van der Waals surface area contributed by atoms with Gasteiger partial charge in [0.2, 0.25) is 5.91 Å². The molecule has 0 heterocycles. The lowest BCUT2D eigenvalue weighted by atomic mass is 10.6. The molecule has 2 nitrogen and oxygen atoms in total. The van der Waals surface area contributed by atoms with E-state index in [-0.39, 0.29) is 20.8 Å². The average Bonchev–Trinajstić information content (AvgIpc) is 1.88. The first-order valence-electron chi connectivity index (χ1n) is 3.81. The number of hydrogen-bond donors (Lipinski definition) is 0. The molecule has 0 aliphatic carbocycles. The van der Waals surface area contributed by atoms with Gasteiger partial charge in [0.25, 0.3) is 0 Å². The van der Waals surface area contributed by atoms with E-state index in [0.29, 0.717) is 0 Å². The van der Waals surface area contributed by atoms with Crippen molar-refractivity contribution >= 4 is 5.91 Å². The Morgan fingerprint density at radius 3 is 1.42 bits per heavy atom. The number of rotatable bonds is 1. The highest BCUT2D eigenvalue weighted by Gasteiger charge is 1.93. The Kier molecular flexibility index (Phi) is 31.6. The van der Waals surface area contributed by atoms with Gasteiger partial charge in [-0.05, 0) is 6.92 Å². The van der Waals surface area contributed by atoms with E-state index in [1.807, 2.05) is 6.92 Å². The van der Waals surface area contributed by atoms with Crippen LogP contribution in [0.3, 0.4) is 0 Å². The summed E-state index contributed by atoms with van der Waals surface area (Å²) in [4.78, 5) is 12.0. The third-order valence-electron chi connectivity index (χ3n) is 1.01. The predicted octanol–water partition coefficient (Wildman–Crippen LogP) is 3.17. The Hall–Kier alpha value is -0.530. The maximum absolute atomic E-state index is 10.3. The van der Waals surface area contributed by atoms with Gasteiger partial charge in [0.15, 0.2) is 0 Å². The number of carbonyl (C=O) groups is 1. The van der Waals surface area contributed by atoms with Gasteiger partial charge in [-0.3, -0.25) is 4.79 Å². The first-order chi connectivity index (χ1) is 4.59. The fourth-order valence-corrected chi connectivity index (χ4v) is 0.223. The van der Waals surface area contributed by atoms with Crippen LogP contribution in [0.4, 0.5) is 0 Å². The van der Waals surface area contributed by atoms with Gasteiger partial charge >= 0.3 is 0 Å². The highest BCUT2D eigenvalue weighted by molar-refractivity contribution is 5.72. The third kappa shape index (κ3) is 22.7. The fraction of sp³-hybridized carbons (Fsp3) is 0.900. The van der Waals surface area contributed by atoms with E-state index in [1.54, 1.807) is 18.9 Å². The molecule has 0 bridgehead atoms. The minimum atomic E-state index is 0. The third-order valence-corrected chi connectivity index (χ3v) is 1.01. The number of amides is 1. The summed E-state index contributed by atoms with van der Waals surface area (Å²) in [5, 5.41) is 0. The van der Waals surface area contributed by atoms with Crippen LogP contribution in [-0.2, 0) is 4.79 Å². The van der Waals surface area contributed by atoms with E-state index >= 15 is 0 Å². The SMILES string of the molecule is C.C.CCC.CCN(C)C(C)=O. The lowest BCUT2D eigenvalue weighted by molar-refractivity contribution is -0.127. The van der Waals surface area contributed by atoms with Gasteiger partial charge in [-0.25, -0.2) is 0 Å². The van der Waals surface area contributed by atoms with Crippen LogP contribution >= 0.6 is 0 Å². The van der Waals surface area contributed by atoms with Gasteiger partial charge in [0, 0.05) is 20.5 Å². The molecule has 0 aromatic carbocycles. The van der Waals surface area contributed by atoms with Crippen molar-refractivity contribution in [3.05, 3.63) is 0 Å². The summed E-state index contributed by atoms with van der Waals surface area (Å²) in [6.45, 7) is 8.56. The van der Waals surface area contributed by atoms with E-state index in [4.69, 9.17) is 0 Å². The van der Waals surface area contributed by atoms with Crippen molar-refractivity contribution in [1.82, 2.24) is 4.90 Å². The maximum Gasteiger partial charge on any atom is 0.219 e. The monoisotopic (exact) mass is 177 g/mol. The van der Waals surface area contributed by atoms with Crippen LogP contribution in [0, 0.1) is 0 Å². The van der Waals surface area contributed by atoms with E-state index in [9.17, 15) is 4.79 Å². The second-order valence-corrected chi connectivity index (χ2v) is 2.24. The maximum atomic E-state index is 10.3. The molecule has 0 saturated heterocycles. The first-order valence-corrected chi connectivity index (χ1v) is 3.81. The molecule has 0 fully saturated rings. The van der Waals surface area contributed by atoms with E-state index in [0.717, 1.165) is 6.54 Å².